The van der Waals surface area contributed by atoms with E-state index in [2.05, 4.69) is 24.9 Å². The van der Waals surface area contributed by atoms with Crippen molar-refractivity contribution in [3.8, 4) is 11.1 Å². The maximum Gasteiger partial charge on any atom is 0.261 e. The first-order valence-corrected chi connectivity index (χ1v) is 13.2. The van der Waals surface area contributed by atoms with Crippen LogP contribution in [0.1, 0.15) is 46.9 Å². The number of sulfonamides is 1. The molecule has 38 heavy (non-hydrogen) atoms. The second kappa shape index (κ2) is 9.49. The van der Waals surface area contributed by atoms with E-state index in [0.717, 1.165) is 29.0 Å². The van der Waals surface area contributed by atoms with E-state index in [-0.39, 0.29) is 16.4 Å². The number of nitrogens with zero attached hydrogens (tertiary/aromatic N) is 2. The van der Waals surface area contributed by atoms with E-state index < -0.39 is 38.7 Å². The van der Waals surface area contributed by atoms with Crippen LogP contribution < -0.4 is 4.72 Å². The zero-order valence-electron chi connectivity index (χ0n) is 20.6. The number of carbonyl (C=O) groups excluding carboxylic acids is 1. The van der Waals surface area contributed by atoms with Gasteiger partial charge in [-0.05, 0) is 48.7 Å². The van der Waals surface area contributed by atoms with Gasteiger partial charge in [0.1, 0.15) is 11.5 Å². The molecule has 8 nitrogen and oxygen atoms in total. The fourth-order valence-corrected chi connectivity index (χ4v) is 5.25. The minimum absolute atomic E-state index is 0.0161. The zero-order chi connectivity index (χ0) is 27.2. The largest absolute Gasteiger partial charge is 0.345 e. The minimum atomic E-state index is -4.21. The molecule has 0 aliphatic rings. The van der Waals surface area contributed by atoms with Gasteiger partial charge in [0, 0.05) is 40.2 Å². The normalized spacial score (nSPS) is 11.8. The Hall–Kier alpha value is -4.38. The van der Waals surface area contributed by atoms with Gasteiger partial charge in [-0.2, -0.15) is 5.10 Å². The van der Waals surface area contributed by atoms with E-state index in [9.17, 15) is 17.6 Å². The molecule has 0 saturated carbocycles. The second-order valence-electron chi connectivity index (χ2n) is 9.17. The number of H-pyrrole nitrogens is 2. The number of benzene rings is 2. The summed E-state index contributed by atoms with van der Waals surface area (Å²) < 4.78 is 58.3. The van der Waals surface area contributed by atoms with E-state index in [1.54, 1.807) is 30.6 Å². The van der Waals surface area contributed by atoms with Gasteiger partial charge < -0.3 is 4.98 Å². The second-order valence-corrected chi connectivity index (χ2v) is 10.9. The van der Waals surface area contributed by atoms with Crippen molar-refractivity contribution in [1.29, 1.82) is 0 Å². The van der Waals surface area contributed by atoms with Crippen LogP contribution in [0.15, 0.2) is 66.0 Å². The molecule has 3 heterocycles. The van der Waals surface area contributed by atoms with Gasteiger partial charge in [-0.25, -0.2) is 22.2 Å². The number of fused-ring (bicyclic) bond motifs is 1. The Labute approximate surface area is 217 Å². The first-order chi connectivity index (χ1) is 18.1. The lowest BCUT2D eigenvalue weighted by atomic mass is 10.00. The zero-order valence-corrected chi connectivity index (χ0v) is 21.5. The third-order valence-electron chi connectivity index (χ3n) is 6.34. The molecule has 2 aromatic carbocycles. The number of nitrogens with one attached hydrogen (secondary N) is 3. The number of hydrogen-bond donors (Lipinski definition) is 3. The van der Waals surface area contributed by atoms with Gasteiger partial charge in [0.15, 0.2) is 5.82 Å². The predicted octanol–water partition coefficient (Wildman–Crippen LogP) is 5.69. The highest BCUT2D eigenvalue weighted by molar-refractivity contribution is 7.92. The molecule has 0 spiro atoms. The van der Waals surface area contributed by atoms with Crippen LogP contribution in [0.2, 0.25) is 0 Å². The summed E-state index contributed by atoms with van der Waals surface area (Å²) in [6, 6.07) is 9.61. The van der Waals surface area contributed by atoms with Crippen molar-refractivity contribution in [3.63, 3.8) is 0 Å². The van der Waals surface area contributed by atoms with E-state index in [1.165, 1.54) is 18.3 Å². The Morgan fingerprint density at radius 1 is 1.05 bits per heavy atom. The lowest BCUT2D eigenvalue weighted by Crippen LogP contribution is -2.16. The van der Waals surface area contributed by atoms with Crippen LogP contribution in [-0.2, 0) is 10.0 Å². The lowest BCUT2D eigenvalue weighted by molar-refractivity contribution is 0.103. The van der Waals surface area contributed by atoms with Crippen LogP contribution in [0.3, 0.4) is 0 Å². The molecular weight excluding hydrogens is 512 g/mol. The highest BCUT2D eigenvalue weighted by Gasteiger charge is 2.26. The van der Waals surface area contributed by atoms with Crippen LogP contribution in [-0.4, -0.2) is 34.4 Å². The minimum Gasteiger partial charge on any atom is -0.345 e. The van der Waals surface area contributed by atoms with Crippen LogP contribution in [0.25, 0.3) is 22.2 Å². The number of pyridine rings is 1. The van der Waals surface area contributed by atoms with Crippen molar-refractivity contribution in [3.05, 3.63) is 95.1 Å². The van der Waals surface area contributed by atoms with Crippen LogP contribution in [0.4, 0.5) is 14.5 Å². The van der Waals surface area contributed by atoms with Crippen molar-refractivity contribution < 1.29 is 22.0 Å². The van der Waals surface area contributed by atoms with E-state index >= 15 is 4.39 Å². The molecule has 0 atom stereocenters. The molecule has 0 amide bonds. The molecule has 0 aliphatic heterocycles. The summed E-state index contributed by atoms with van der Waals surface area (Å²) in [6.07, 6.45) is 4.52. The molecule has 0 fully saturated rings. The first-order valence-electron chi connectivity index (χ1n) is 11.7. The van der Waals surface area contributed by atoms with Gasteiger partial charge in [-0.1, -0.05) is 26.0 Å². The molecule has 3 aromatic heterocycles. The Bertz CT molecular complexity index is 1790. The Kier molecular flexibility index (Phi) is 6.31. The topological polar surface area (TPSA) is 121 Å². The van der Waals surface area contributed by atoms with Crippen molar-refractivity contribution in [2.75, 3.05) is 4.72 Å². The average molecular weight is 536 g/mol. The molecule has 0 saturated heterocycles. The van der Waals surface area contributed by atoms with Gasteiger partial charge in [0.25, 0.3) is 10.0 Å². The number of ketones is 1. The van der Waals surface area contributed by atoms with Gasteiger partial charge >= 0.3 is 0 Å². The molecule has 11 heteroatoms. The van der Waals surface area contributed by atoms with E-state index in [1.807, 2.05) is 20.8 Å². The summed E-state index contributed by atoms with van der Waals surface area (Å²) in [5.74, 6) is -3.21. The van der Waals surface area contributed by atoms with Crippen molar-refractivity contribution in [1.82, 2.24) is 20.2 Å². The SMILES string of the molecule is Cc1[nH]ncc1-c1cnc2[nH]cc(C(=O)c3c(F)ccc(NS(=O)(=O)c4ccc(C(C)C)cc4)c3F)c2c1. The molecule has 0 radical (unpaired) electrons. The van der Waals surface area contributed by atoms with Crippen molar-refractivity contribution in [2.45, 2.75) is 31.6 Å². The summed E-state index contributed by atoms with van der Waals surface area (Å²) in [5.41, 5.74) is 2.03. The Morgan fingerprint density at radius 3 is 2.45 bits per heavy atom. The first kappa shape index (κ1) is 25.3. The number of rotatable bonds is 7. The van der Waals surface area contributed by atoms with Crippen LogP contribution in [0, 0.1) is 18.6 Å². The number of aromatic amines is 2. The van der Waals surface area contributed by atoms with Crippen LogP contribution in [0.5, 0.6) is 0 Å². The van der Waals surface area contributed by atoms with E-state index in [0.29, 0.717) is 16.6 Å². The number of aryl methyl sites for hydroxylation is 1. The number of hydrogen-bond acceptors (Lipinski definition) is 5. The highest BCUT2D eigenvalue weighted by Crippen LogP contribution is 2.30. The quantitative estimate of drug-likeness (QED) is 0.231. The third kappa shape index (κ3) is 4.45. The fraction of sp³-hybridized carbons (Fsp3) is 0.148. The van der Waals surface area contributed by atoms with Gasteiger partial charge in [0.05, 0.1) is 22.3 Å². The molecule has 5 rings (SSSR count). The summed E-state index contributed by atoms with van der Waals surface area (Å²) in [6.45, 7) is 5.76. The van der Waals surface area contributed by atoms with Gasteiger partial charge in [0.2, 0.25) is 5.78 Å². The molecular formula is C27H23F2N5O3S. The van der Waals surface area contributed by atoms with Gasteiger partial charge in [-0.15, -0.1) is 0 Å². The van der Waals surface area contributed by atoms with Crippen molar-refractivity contribution >= 4 is 32.5 Å². The summed E-state index contributed by atoms with van der Waals surface area (Å²) >= 11 is 0. The molecule has 3 N–H and O–H groups in total. The highest BCUT2D eigenvalue weighted by atomic mass is 32.2. The smallest absolute Gasteiger partial charge is 0.261 e. The number of anilines is 1. The monoisotopic (exact) mass is 535 g/mol. The summed E-state index contributed by atoms with van der Waals surface area (Å²) in [5, 5.41) is 7.16. The maximum atomic E-state index is 15.5. The van der Waals surface area contributed by atoms with Crippen molar-refractivity contribution in [2.24, 2.45) is 0 Å². The molecule has 0 aliphatic carbocycles. The molecule has 0 unspecified atom stereocenters. The predicted molar refractivity (Wildman–Crippen MR) is 140 cm³/mol. The van der Waals surface area contributed by atoms with Crippen LogP contribution >= 0.6 is 0 Å². The number of aromatic nitrogens is 4. The summed E-state index contributed by atoms with van der Waals surface area (Å²) in [7, 11) is -4.21. The lowest BCUT2D eigenvalue weighted by Gasteiger charge is -2.13. The average Bonchev–Trinajstić information content (AvgIpc) is 3.51. The molecule has 194 valence electrons. The third-order valence-corrected chi connectivity index (χ3v) is 7.72. The Morgan fingerprint density at radius 2 is 1.79 bits per heavy atom. The Balaban J connectivity index is 1.52. The molecule has 5 aromatic rings. The van der Waals surface area contributed by atoms with Gasteiger partial charge in [-0.3, -0.25) is 14.6 Å². The fourth-order valence-electron chi connectivity index (χ4n) is 4.19. The summed E-state index contributed by atoms with van der Waals surface area (Å²) in [4.78, 5) is 20.4. The number of halogens is 2. The molecule has 0 bridgehead atoms. The maximum absolute atomic E-state index is 15.5. The van der Waals surface area contributed by atoms with E-state index in [4.69, 9.17) is 0 Å². The standard InChI is InChI=1S/C27H23F2N5O3S/c1-14(2)16-4-6-18(7-5-16)38(36,37)34-23-9-8-22(28)24(25(23)29)26(35)21-12-31-27-19(21)10-17(11-30-27)20-13-32-33-15(20)3/h4-14,34H,1-3H3,(H,30,31)(H,32,33). The number of carbonyl (C=O) groups is 1.